The Morgan fingerprint density at radius 2 is 1.79 bits per heavy atom. The molecular weight excluding hydrogens is 391 g/mol. The third-order valence-electron chi connectivity index (χ3n) is 6.52. The molecule has 5 heteroatoms. The van der Waals surface area contributed by atoms with Crippen LogP contribution in [0.2, 0.25) is 10.0 Å². The molecular formula is C23H26Cl2N2O. The first-order chi connectivity index (χ1) is 13.3. The zero-order valence-corrected chi connectivity index (χ0v) is 17.9. The van der Waals surface area contributed by atoms with Crippen LogP contribution >= 0.6 is 23.2 Å². The first-order valence-electron chi connectivity index (χ1n) is 9.94. The van der Waals surface area contributed by atoms with Crippen LogP contribution in [0.3, 0.4) is 0 Å². The van der Waals surface area contributed by atoms with Gasteiger partial charge in [0.15, 0.2) is 0 Å². The van der Waals surface area contributed by atoms with Crippen LogP contribution in [-0.2, 0) is 6.54 Å². The number of nitrogens with zero attached hydrogens (tertiary/aromatic N) is 2. The highest BCUT2D eigenvalue weighted by Gasteiger charge is 2.47. The Balaban J connectivity index is 1.45. The first kappa shape index (κ1) is 19.8. The smallest absolute Gasteiger partial charge is 0.104 e. The van der Waals surface area contributed by atoms with Gasteiger partial charge in [0.2, 0.25) is 0 Å². The van der Waals surface area contributed by atoms with E-state index in [1.807, 2.05) is 12.1 Å². The van der Waals surface area contributed by atoms with Gasteiger partial charge >= 0.3 is 0 Å². The summed E-state index contributed by atoms with van der Waals surface area (Å²) in [7, 11) is 4.72. The number of rotatable bonds is 5. The number of benzene rings is 2. The average Bonchev–Trinajstić information content (AvgIpc) is 3.29. The van der Waals surface area contributed by atoms with Gasteiger partial charge in [0.05, 0.1) is 35.9 Å². The molecule has 4 rings (SSSR count). The summed E-state index contributed by atoms with van der Waals surface area (Å²) in [5.41, 5.74) is 2.38. The van der Waals surface area contributed by atoms with Crippen LogP contribution in [-0.4, -0.2) is 30.5 Å². The highest BCUT2D eigenvalue weighted by Crippen LogP contribution is 2.48. The van der Waals surface area contributed by atoms with Gasteiger partial charge in [0.25, 0.3) is 0 Å². The number of quaternary nitrogens is 1. The molecule has 0 amide bonds. The predicted octanol–water partition coefficient (Wildman–Crippen LogP) is 5.20. The first-order valence-corrected chi connectivity index (χ1v) is 10.7. The van der Waals surface area contributed by atoms with Gasteiger partial charge in [0, 0.05) is 17.9 Å². The van der Waals surface area contributed by atoms with Gasteiger partial charge in [-0.15, -0.1) is 0 Å². The molecule has 0 saturated heterocycles. The third kappa shape index (κ3) is 4.07. The van der Waals surface area contributed by atoms with E-state index in [-0.39, 0.29) is 5.90 Å². The zero-order valence-electron chi connectivity index (χ0n) is 16.4. The number of hydrogen-bond acceptors (Lipinski definition) is 2. The summed E-state index contributed by atoms with van der Waals surface area (Å²) in [5.74, 6) is 1.54. The second-order valence-corrected chi connectivity index (χ2v) is 9.71. The molecule has 0 spiro atoms. The number of fused-ring (bicyclic) bond motifs is 2. The van der Waals surface area contributed by atoms with Gasteiger partial charge in [-0.1, -0.05) is 41.4 Å². The second kappa shape index (κ2) is 7.70. The summed E-state index contributed by atoms with van der Waals surface area (Å²) < 4.78 is 1.04. The molecule has 3 atom stereocenters. The minimum Gasteiger partial charge on any atom is -0.858 e. The zero-order chi connectivity index (χ0) is 19.9. The Labute approximate surface area is 177 Å². The molecule has 0 aromatic heterocycles. The Morgan fingerprint density at radius 3 is 2.39 bits per heavy atom. The summed E-state index contributed by atoms with van der Waals surface area (Å²) in [6.45, 7) is 1.01. The monoisotopic (exact) mass is 416 g/mol. The molecule has 148 valence electrons. The molecule has 28 heavy (non-hydrogen) atoms. The van der Waals surface area contributed by atoms with Crippen LogP contribution in [0.1, 0.15) is 36.8 Å². The summed E-state index contributed by atoms with van der Waals surface area (Å²) >= 11 is 11.9. The summed E-state index contributed by atoms with van der Waals surface area (Å²) in [4.78, 5) is 4.20. The number of hydrogen-bond donors (Lipinski definition) is 0. The highest BCUT2D eigenvalue weighted by atomic mass is 35.5. The molecule has 3 nitrogen and oxygen atoms in total. The predicted molar refractivity (Wildman–Crippen MR) is 114 cm³/mol. The van der Waals surface area contributed by atoms with E-state index >= 15 is 0 Å². The molecule has 0 heterocycles. The molecule has 2 aliphatic rings. The SMILES string of the molecule is C[N+](C)(Cc1ccc(N=C([O-])c2ccc(Cl)c(Cl)c2)cc1)C1CC2CCC1C2. The van der Waals surface area contributed by atoms with Gasteiger partial charge in [0.1, 0.15) is 6.54 Å². The van der Waals surface area contributed by atoms with Crippen LogP contribution < -0.4 is 5.11 Å². The van der Waals surface area contributed by atoms with Crippen molar-refractivity contribution >= 4 is 34.8 Å². The Morgan fingerprint density at radius 1 is 1.04 bits per heavy atom. The average molecular weight is 417 g/mol. The van der Waals surface area contributed by atoms with Crippen LogP contribution in [0.4, 0.5) is 5.69 Å². The highest BCUT2D eigenvalue weighted by molar-refractivity contribution is 6.42. The van der Waals surface area contributed by atoms with Gasteiger partial charge in [-0.05, 0) is 60.9 Å². The maximum atomic E-state index is 12.4. The minimum absolute atomic E-state index is 0.315. The van der Waals surface area contributed by atoms with Crippen molar-refractivity contribution in [1.82, 2.24) is 0 Å². The number of aliphatic imine (C=N–C) groups is 1. The van der Waals surface area contributed by atoms with Gasteiger partial charge < -0.3 is 9.59 Å². The number of halogens is 2. The molecule has 2 aromatic carbocycles. The van der Waals surface area contributed by atoms with Crippen molar-refractivity contribution in [3.63, 3.8) is 0 Å². The van der Waals surface area contributed by atoms with E-state index in [2.05, 4.69) is 31.2 Å². The Hall–Kier alpha value is -1.55. The van der Waals surface area contributed by atoms with E-state index in [1.54, 1.807) is 18.2 Å². The van der Waals surface area contributed by atoms with E-state index in [1.165, 1.54) is 31.2 Å². The van der Waals surface area contributed by atoms with E-state index < -0.39 is 0 Å². The molecule has 2 saturated carbocycles. The second-order valence-electron chi connectivity index (χ2n) is 8.89. The lowest BCUT2D eigenvalue weighted by Crippen LogP contribution is -2.50. The largest absolute Gasteiger partial charge is 0.858 e. The molecule has 2 aromatic rings. The van der Waals surface area contributed by atoms with E-state index in [9.17, 15) is 5.11 Å². The van der Waals surface area contributed by atoms with Gasteiger partial charge in [-0.3, -0.25) is 4.99 Å². The van der Waals surface area contributed by atoms with Gasteiger partial charge in [-0.2, -0.15) is 0 Å². The van der Waals surface area contributed by atoms with Crippen molar-refractivity contribution in [3.8, 4) is 0 Å². The van der Waals surface area contributed by atoms with E-state index in [4.69, 9.17) is 23.2 Å². The minimum atomic E-state index is -0.315. The molecule has 3 unspecified atom stereocenters. The maximum Gasteiger partial charge on any atom is 0.104 e. The standard InChI is InChI=1S/C23H26Cl2N2O/c1-27(2,22-12-16-3-6-17(22)11-16)14-15-4-8-19(9-5-15)26-23(28)18-7-10-20(24)21(25)13-18/h4-5,7-10,13,16-17,22H,3,6,11-12,14H2,1-2H3. The van der Waals surface area contributed by atoms with Crippen LogP contribution in [0.25, 0.3) is 0 Å². The topological polar surface area (TPSA) is 35.4 Å². The fourth-order valence-corrected chi connectivity index (χ4v) is 5.44. The molecule has 0 radical (unpaired) electrons. The van der Waals surface area contributed by atoms with Gasteiger partial charge in [-0.25, -0.2) is 0 Å². The van der Waals surface area contributed by atoms with E-state index in [0.717, 1.165) is 28.9 Å². The quantitative estimate of drug-likeness (QED) is 0.374. The van der Waals surface area contributed by atoms with E-state index in [0.29, 0.717) is 21.3 Å². The molecule has 2 fully saturated rings. The van der Waals surface area contributed by atoms with Crippen molar-refractivity contribution < 1.29 is 9.59 Å². The summed E-state index contributed by atoms with van der Waals surface area (Å²) in [5, 5.41) is 13.2. The third-order valence-corrected chi connectivity index (χ3v) is 7.26. The van der Waals surface area contributed by atoms with Crippen molar-refractivity contribution in [2.45, 2.75) is 38.3 Å². The lowest BCUT2D eigenvalue weighted by atomic mass is 9.92. The van der Waals surface area contributed by atoms with Crippen molar-refractivity contribution in [1.29, 1.82) is 0 Å². The molecule has 0 aliphatic heterocycles. The molecule has 2 aliphatic carbocycles. The fraction of sp³-hybridized carbons (Fsp3) is 0.435. The van der Waals surface area contributed by atoms with Crippen LogP contribution in [0.15, 0.2) is 47.5 Å². The molecule has 2 bridgehead atoms. The van der Waals surface area contributed by atoms with Crippen LogP contribution in [0.5, 0.6) is 0 Å². The summed E-state index contributed by atoms with van der Waals surface area (Å²) in [6, 6.07) is 13.6. The van der Waals surface area contributed by atoms with Crippen molar-refractivity contribution in [2.75, 3.05) is 14.1 Å². The van der Waals surface area contributed by atoms with Crippen molar-refractivity contribution in [2.24, 2.45) is 16.8 Å². The fourth-order valence-electron chi connectivity index (χ4n) is 5.14. The maximum absolute atomic E-state index is 12.4. The Bertz CT molecular complexity index is 892. The Kier molecular flexibility index (Phi) is 5.43. The lowest BCUT2D eigenvalue weighted by Gasteiger charge is -2.40. The normalized spacial score (nSPS) is 24.7. The lowest BCUT2D eigenvalue weighted by molar-refractivity contribution is -0.931. The summed E-state index contributed by atoms with van der Waals surface area (Å²) in [6.07, 6.45) is 5.65. The molecule has 0 N–H and O–H groups in total. The van der Waals surface area contributed by atoms with Crippen molar-refractivity contribution in [3.05, 3.63) is 63.6 Å². The van der Waals surface area contributed by atoms with Crippen LogP contribution in [0, 0.1) is 11.8 Å².